The molecule has 7 heteroatoms. The molecule has 3 heterocycles. The topological polar surface area (TPSA) is 76.5 Å². The van der Waals surface area contributed by atoms with Crippen molar-refractivity contribution >= 4 is 11.8 Å². The molecule has 1 N–H and O–H groups in total. The summed E-state index contributed by atoms with van der Waals surface area (Å²) >= 11 is 0. The van der Waals surface area contributed by atoms with E-state index in [2.05, 4.69) is 10.4 Å². The lowest BCUT2D eigenvalue weighted by atomic mass is 9.85. The van der Waals surface area contributed by atoms with Gasteiger partial charge in [-0.25, -0.2) is 0 Å². The minimum atomic E-state index is -0.211. The Hall–Kier alpha value is -1.89. The second kappa shape index (κ2) is 7.50. The summed E-state index contributed by atoms with van der Waals surface area (Å²) < 4.78 is 7.90. The molecular weight excluding hydrogens is 356 g/mol. The van der Waals surface area contributed by atoms with E-state index in [1.807, 2.05) is 30.5 Å². The van der Waals surface area contributed by atoms with E-state index in [-0.39, 0.29) is 23.3 Å². The number of amides is 2. The van der Waals surface area contributed by atoms with Crippen LogP contribution in [0.1, 0.15) is 49.1 Å². The fourth-order valence-corrected chi connectivity index (χ4v) is 4.60. The van der Waals surface area contributed by atoms with Crippen molar-refractivity contribution in [2.45, 2.75) is 58.0 Å². The molecule has 1 aliphatic carbocycles. The average Bonchev–Trinajstić information content (AvgIpc) is 3.30. The van der Waals surface area contributed by atoms with Gasteiger partial charge in [-0.05, 0) is 56.9 Å². The molecule has 0 bridgehead atoms. The third kappa shape index (κ3) is 4.09. The first-order chi connectivity index (χ1) is 13.3. The maximum absolute atomic E-state index is 12.6. The van der Waals surface area contributed by atoms with Crippen LogP contribution in [-0.4, -0.2) is 58.3 Å². The molecule has 1 atom stereocenters. The first-order valence-corrected chi connectivity index (χ1v) is 10.5. The van der Waals surface area contributed by atoms with Crippen molar-refractivity contribution in [3.05, 3.63) is 17.0 Å². The molecule has 1 spiro atoms. The van der Waals surface area contributed by atoms with Gasteiger partial charge in [0.2, 0.25) is 11.8 Å². The van der Waals surface area contributed by atoms with Gasteiger partial charge in [-0.1, -0.05) is 0 Å². The largest absolute Gasteiger partial charge is 0.371 e. The molecule has 4 rings (SSSR count). The summed E-state index contributed by atoms with van der Waals surface area (Å²) in [5.41, 5.74) is 3.11. The number of carbonyl (C=O) groups excluding carboxylic acids is 2. The smallest absolute Gasteiger partial charge is 0.223 e. The molecule has 3 fully saturated rings. The van der Waals surface area contributed by atoms with Crippen LogP contribution < -0.4 is 5.32 Å². The van der Waals surface area contributed by atoms with Gasteiger partial charge in [0.25, 0.3) is 0 Å². The Morgan fingerprint density at radius 2 is 2.00 bits per heavy atom. The van der Waals surface area contributed by atoms with Crippen molar-refractivity contribution in [3.8, 4) is 0 Å². The van der Waals surface area contributed by atoms with E-state index < -0.39 is 0 Å². The summed E-state index contributed by atoms with van der Waals surface area (Å²) in [5, 5.41) is 7.46. The van der Waals surface area contributed by atoms with Gasteiger partial charge in [-0.15, -0.1) is 0 Å². The highest BCUT2D eigenvalue weighted by atomic mass is 16.5. The van der Waals surface area contributed by atoms with Crippen LogP contribution in [0.4, 0.5) is 0 Å². The summed E-state index contributed by atoms with van der Waals surface area (Å²) in [4.78, 5) is 26.5. The highest BCUT2D eigenvalue weighted by Crippen LogP contribution is 2.39. The lowest BCUT2D eigenvalue weighted by Crippen LogP contribution is -2.63. The maximum atomic E-state index is 12.6. The third-order valence-electron chi connectivity index (χ3n) is 6.60. The number of aryl methyl sites for hydroxylation is 2. The van der Waals surface area contributed by atoms with Crippen LogP contribution >= 0.6 is 0 Å². The lowest BCUT2D eigenvalue weighted by molar-refractivity contribution is -0.157. The van der Waals surface area contributed by atoms with Crippen LogP contribution in [0.2, 0.25) is 0 Å². The molecule has 28 heavy (non-hydrogen) atoms. The average molecular weight is 389 g/mol. The van der Waals surface area contributed by atoms with Crippen molar-refractivity contribution in [1.82, 2.24) is 20.0 Å². The highest BCUT2D eigenvalue weighted by Gasteiger charge is 2.51. The Labute approximate surface area is 166 Å². The van der Waals surface area contributed by atoms with Crippen LogP contribution in [-0.2, 0) is 27.8 Å². The van der Waals surface area contributed by atoms with Gasteiger partial charge in [-0.3, -0.25) is 14.3 Å². The molecule has 2 saturated heterocycles. The van der Waals surface area contributed by atoms with E-state index in [1.165, 1.54) is 18.4 Å². The van der Waals surface area contributed by atoms with Crippen LogP contribution in [0.15, 0.2) is 0 Å². The van der Waals surface area contributed by atoms with Crippen molar-refractivity contribution in [3.63, 3.8) is 0 Å². The van der Waals surface area contributed by atoms with Gasteiger partial charge in [0.05, 0.1) is 25.4 Å². The van der Waals surface area contributed by atoms with E-state index in [1.54, 1.807) is 0 Å². The Bertz CT molecular complexity index is 762. The van der Waals surface area contributed by atoms with E-state index in [9.17, 15) is 9.59 Å². The van der Waals surface area contributed by atoms with Gasteiger partial charge in [-0.2, -0.15) is 5.10 Å². The van der Waals surface area contributed by atoms with Crippen LogP contribution in [0, 0.1) is 25.7 Å². The standard InChI is InChI=1S/C21H32N4O3/c1-14-18(15(2)24(3)23-14)6-7-20(27)25-12-21(13-25)9-17(11-28-21)8-19(26)22-10-16-4-5-16/h16-17H,4-13H2,1-3H3,(H,22,26). The fourth-order valence-electron chi connectivity index (χ4n) is 4.60. The van der Waals surface area contributed by atoms with Crippen LogP contribution in [0.3, 0.4) is 0 Å². The predicted octanol–water partition coefficient (Wildman–Crippen LogP) is 1.50. The molecular formula is C21H32N4O3. The minimum absolute atomic E-state index is 0.145. The SMILES string of the molecule is Cc1nn(C)c(C)c1CCC(=O)N1CC2(CC(CC(=O)NCC3CC3)CO2)C1. The minimum Gasteiger partial charge on any atom is -0.371 e. The van der Waals surface area contributed by atoms with Gasteiger partial charge in [0, 0.05) is 32.1 Å². The van der Waals surface area contributed by atoms with Crippen LogP contribution in [0.25, 0.3) is 0 Å². The third-order valence-corrected chi connectivity index (χ3v) is 6.60. The number of nitrogens with one attached hydrogen (secondary N) is 1. The van der Waals surface area contributed by atoms with Crippen molar-refractivity contribution in [2.75, 3.05) is 26.2 Å². The Morgan fingerprint density at radius 3 is 2.64 bits per heavy atom. The quantitative estimate of drug-likeness (QED) is 0.768. The Kier molecular flexibility index (Phi) is 5.21. The number of hydrogen-bond donors (Lipinski definition) is 1. The lowest BCUT2D eigenvalue weighted by Gasteiger charge is -2.47. The Balaban J connectivity index is 1.19. The number of aromatic nitrogens is 2. The molecule has 0 aromatic carbocycles. The first-order valence-electron chi connectivity index (χ1n) is 10.5. The zero-order chi connectivity index (χ0) is 19.9. The molecule has 2 aliphatic heterocycles. The van der Waals surface area contributed by atoms with Crippen molar-refractivity contribution in [2.24, 2.45) is 18.9 Å². The second-order valence-electron chi connectivity index (χ2n) is 9.04. The van der Waals surface area contributed by atoms with Gasteiger partial charge >= 0.3 is 0 Å². The van der Waals surface area contributed by atoms with E-state index in [0.29, 0.717) is 38.5 Å². The Morgan fingerprint density at radius 1 is 1.25 bits per heavy atom. The number of rotatable bonds is 7. The zero-order valence-corrected chi connectivity index (χ0v) is 17.3. The normalized spacial score (nSPS) is 23.1. The molecule has 0 radical (unpaired) electrons. The second-order valence-corrected chi connectivity index (χ2v) is 9.04. The summed E-state index contributed by atoms with van der Waals surface area (Å²) in [6.07, 6.45) is 5.17. The highest BCUT2D eigenvalue weighted by molar-refractivity contribution is 5.78. The zero-order valence-electron chi connectivity index (χ0n) is 17.3. The van der Waals surface area contributed by atoms with E-state index in [0.717, 1.165) is 30.8 Å². The molecule has 1 aromatic heterocycles. The molecule has 1 aromatic rings. The maximum Gasteiger partial charge on any atom is 0.223 e. The summed E-state index contributed by atoms with van der Waals surface area (Å²) in [5.74, 6) is 1.31. The van der Waals surface area contributed by atoms with Crippen molar-refractivity contribution in [1.29, 1.82) is 0 Å². The van der Waals surface area contributed by atoms with E-state index >= 15 is 0 Å². The molecule has 2 amide bonds. The fraction of sp³-hybridized carbons (Fsp3) is 0.762. The number of carbonyl (C=O) groups is 2. The number of hydrogen-bond acceptors (Lipinski definition) is 4. The molecule has 1 unspecified atom stereocenters. The van der Waals surface area contributed by atoms with Gasteiger partial charge in [0.1, 0.15) is 5.60 Å². The number of likely N-dealkylation sites (tertiary alicyclic amines) is 1. The van der Waals surface area contributed by atoms with Gasteiger partial charge < -0.3 is 15.0 Å². The van der Waals surface area contributed by atoms with Crippen molar-refractivity contribution < 1.29 is 14.3 Å². The number of ether oxygens (including phenoxy) is 1. The predicted molar refractivity (Wildman–Crippen MR) is 105 cm³/mol. The van der Waals surface area contributed by atoms with Gasteiger partial charge in [0.15, 0.2) is 0 Å². The monoisotopic (exact) mass is 388 g/mol. The first kappa shape index (κ1) is 19.4. The number of nitrogens with zero attached hydrogens (tertiary/aromatic N) is 3. The summed E-state index contributed by atoms with van der Waals surface area (Å²) in [7, 11) is 1.94. The molecule has 7 nitrogen and oxygen atoms in total. The summed E-state index contributed by atoms with van der Waals surface area (Å²) in [6.45, 7) is 6.83. The molecule has 154 valence electrons. The summed E-state index contributed by atoms with van der Waals surface area (Å²) in [6, 6.07) is 0. The van der Waals surface area contributed by atoms with Crippen LogP contribution in [0.5, 0.6) is 0 Å². The van der Waals surface area contributed by atoms with E-state index in [4.69, 9.17) is 4.74 Å². The molecule has 1 saturated carbocycles. The molecule has 3 aliphatic rings.